The van der Waals surface area contributed by atoms with Crippen LogP contribution in [0.5, 0.6) is 0 Å². The molecule has 0 aromatic carbocycles. The van der Waals surface area contributed by atoms with E-state index in [4.69, 9.17) is 4.42 Å². The lowest BCUT2D eigenvalue weighted by atomic mass is 10.1. The highest BCUT2D eigenvalue weighted by molar-refractivity contribution is 7.91. The van der Waals surface area contributed by atoms with Crippen LogP contribution in [0.2, 0.25) is 0 Å². The molecule has 1 fully saturated rings. The Hall–Kier alpha value is -1.30. The van der Waals surface area contributed by atoms with Gasteiger partial charge in [0, 0.05) is 6.54 Å². The third kappa shape index (κ3) is 2.63. The molecular formula is C10H13NO4S. The molecule has 5 nitrogen and oxygen atoms in total. The fourth-order valence-corrected chi connectivity index (χ4v) is 3.63. The summed E-state index contributed by atoms with van der Waals surface area (Å²) in [6.45, 7) is 0.406. The Bertz CT molecular complexity index is 463. The monoisotopic (exact) mass is 243 g/mol. The van der Waals surface area contributed by atoms with Crippen LogP contribution in [-0.2, 0) is 9.84 Å². The molecule has 1 aliphatic heterocycles. The van der Waals surface area contributed by atoms with Crippen molar-refractivity contribution in [2.24, 2.45) is 5.92 Å². The first kappa shape index (κ1) is 11.2. The lowest BCUT2D eigenvalue weighted by Gasteiger charge is -2.08. The number of nitrogens with one attached hydrogen (secondary N) is 1. The van der Waals surface area contributed by atoms with Gasteiger partial charge in [-0.05, 0) is 18.4 Å². The SMILES string of the molecule is O=C(NC[C@H]1CCS(=O)(=O)C1)c1ccoc1. The van der Waals surface area contributed by atoms with Crippen molar-refractivity contribution in [2.75, 3.05) is 18.1 Å². The number of amides is 1. The summed E-state index contributed by atoms with van der Waals surface area (Å²) in [5.74, 6) is 0.233. The molecule has 1 amide bonds. The van der Waals surface area contributed by atoms with E-state index in [1.807, 2.05) is 0 Å². The summed E-state index contributed by atoms with van der Waals surface area (Å²) < 4.78 is 27.2. The second-order valence-electron chi connectivity index (χ2n) is 3.99. The van der Waals surface area contributed by atoms with Gasteiger partial charge < -0.3 is 9.73 Å². The van der Waals surface area contributed by atoms with Crippen LogP contribution in [0.25, 0.3) is 0 Å². The summed E-state index contributed by atoms with van der Waals surface area (Å²) in [7, 11) is -2.87. The maximum absolute atomic E-state index is 11.5. The van der Waals surface area contributed by atoms with Gasteiger partial charge >= 0.3 is 0 Å². The van der Waals surface area contributed by atoms with Crippen LogP contribution in [0.15, 0.2) is 23.0 Å². The van der Waals surface area contributed by atoms with Gasteiger partial charge in [0.2, 0.25) is 0 Å². The van der Waals surface area contributed by atoms with E-state index < -0.39 is 9.84 Å². The van der Waals surface area contributed by atoms with Crippen LogP contribution < -0.4 is 5.32 Å². The van der Waals surface area contributed by atoms with Crippen LogP contribution in [-0.4, -0.2) is 32.4 Å². The van der Waals surface area contributed by atoms with E-state index in [9.17, 15) is 13.2 Å². The summed E-state index contributed by atoms with van der Waals surface area (Å²) in [6.07, 6.45) is 3.42. The Balaban J connectivity index is 1.83. The molecular weight excluding hydrogens is 230 g/mol. The molecule has 0 unspecified atom stereocenters. The van der Waals surface area contributed by atoms with Gasteiger partial charge in [-0.15, -0.1) is 0 Å². The highest BCUT2D eigenvalue weighted by Crippen LogP contribution is 2.17. The van der Waals surface area contributed by atoms with E-state index in [0.29, 0.717) is 18.5 Å². The average molecular weight is 243 g/mol. The second kappa shape index (κ2) is 4.29. The fraction of sp³-hybridized carbons (Fsp3) is 0.500. The Morgan fingerprint density at radius 1 is 1.56 bits per heavy atom. The van der Waals surface area contributed by atoms with E-state index in [1.165, 1.54) is 12.5 Å². The van der Waals surface area contributed by atoms with Crippen molar-refractivity contribution in [3.8, 4) is 0 Å². The van der Waals surface area contributed by atoms with Crippen molar-refractivity contribution in [2.45, 2.75) is 6.42 Å². The molecule has 88 valence electrons. The van der Waals surface area contributed by atoms with Gasteiger partial charge in [-0.1, -0.05) is 0 Å². The van der Waals surface area contributed by atoms with Crippen LogP contribution in [0.3, 0.4) is 0 Å². The number of hydrogen-bond acceptors (Lipinski definition) is 4. The third-order valence-electron chi connectivity index (χ3n) is 2.66. The number of carbonyl (C=O) groups is 1. The van der Waals surface area contributed by atoms with Crippen LogP contribution in [0.4, 0.5) is 0 Å². The lowest BCUT2D eigenvalue weighted by Crippen LogP contribution is -2.29. The van der Waals surface area contributed by atoms with Gasteiger partial charge in [0.05, 0.1) is 23.3 Å². The van der Waals surface area contributed by atoms with E-state index >= 15 is 0 Å². The molecule has 6 heteroatoms. The van der Waals surface area contributed by atoms with E-state index in [0.717, 1.165) is 0 Å². The molecule has 1 aromatic heterocycles. The molecule has 0 radical (unpaired) electrons. The molecule has 1 saturated heterocycles. The maximum Gasteiger partial charge on any atom is 0.254 e. The number of hydrogen-bond donors (Lipinski definition) is 1. The molecule has 1 atom stereocenters. The molecule has 0 aliphatic carbocycles. The first-order chi connectivity index (χ1) is 7.57. The van der Waals surface area contributed by atoms with Crippen molar-refractivity contribution < 1.29 is 17.6 Å². The third-order valence-corrected chi connectivity index (χ3v) is 4.50. The summed E-state index contributed by atoms with van der Waals surface area (Å²) >= 11 is 0. The van der Waals surface area contributed by atoms with Gasteiger partial charge in [0.1, 0.15) is 6.26 Å². The molecule has 16 heavy (non-hydrogen) atoms. The van der Waals surface area contributed by atoms with Crippen LogP contribution >= 0.6 is 0 Å². The molecule has 1 N–H and O–H groups in total. The van der Waals surface area contributed by atoms with Gasteiger partial charge in [-0.3, -0.25) is 4.79 Å². The second-order valence-corrected chi connectivity index (χ2v) is 6.22. The van der Waals surface area contributed by atoms with Gasteiger partial charge in [0.25, 0.3) is 5.91 Å². The standard InChI is InChI=1S/C10H13NO4S/c12-10(9-1-3-15-6-9)11-5-8-2-4-16(13,14)7-8/h1,3,6,8H,2,4-5,7H2,(H,11,12)/t8-/m1/s1. The quantitative estimate of drug-likeness (QED) is 0.836. The summed E-state index contributed by atoms with van der Waals surface area (Å²) in [6, 6.07) is 1.57. The Morgan fingerprint density at radius 3 is 2.94 bits per heavy atom. The molecule has 1 aliphatic rings. The maximum atomic E-state index is 11.5. The number of carbonyl (C=O) groups excluding carboxylic acids is 1. The van der Waals surface area contributed by atoms with E-state index in [2.05, 4.69) is 5.32 Å². The van der Waals surface area contributed by atoms with Gasteiger partial charge in [0.15, 0.2) is 9.84 Å². The van der Waals surface area contributed by atoms with Crippen molar-refractivity contribution in [3.63, 3.8) is 0 Å². The van der Waals surface area contributed by atoms with Crippen molar-refractivity contribution in [1.29, 1.82) is 0 Å². The van der Waals surface area contributed by atoms with Crippen molar-refractivity contribution in [1.82, 2.24) is 5.32 Å². The first-order valence-electron chi connectivity index (χ1n) is 5.08. The molecule has 2 heterocycles. The predicted molar refractivity (Wildman–Crippen MR) is 57.8 cm³/mol. The molecule has 0 saturated carbocycles. The smallest absolute Gasteiger partial charge is 0.254 e. The Labute approximate surface area is 93.7 Å². The summed E-state index contributed by atoms with van der Waals surface area (Å²) in [4.78, 5) is 11.5. The van der Waals surface area contributed by atoms with E-state index in [1.54, 1.807) is 6.07 Å². The van der Waals surface area contributed by atoms with Crippen LogP contribution in [0.1, 0.15) is 16.8 Å². The normalized spacial score (nSPS) is 23.1. The van der Waals surface area contributed by atoms with E-state index in [-0.39, 0.29) is 23.3 Å². The minimum atomic E-state index is -2.87. The zero-order valence-corrected chi connectivity index (χ0v) is 9.50. The molecule has 0 bridgehead atoms. The summed E-state index contributed by atoms with van der Waals surface area (Å²) in [5, 5.41) is 2.70. The zero-order chi connectivity index (χ0) is 11.6. The van der Waals surface area contributed by atoms with Gasteiger partial charge in [-0.25, -0.2) is 8.42 Å². The zero-order valence-electron chi connectivity index (χ0n) is 8.68. The number of rotatable bonds is 3. The molecule has 0 spiro atoms. The highest BCUT2D eigenvalue weighted by atomic mass is 32.2. The summed E-state index contributed by atoms with van der Waals surface area (Å²) in [5.41, 5.74) is 0.459. The number of furan rings is 1. The fourth-order valence-electron chi connectivity index (χ4n) is 1.77. The Morgan fingerprint density at radius 2 is 2.38 bits per heavy atom. The highest BCUT2D eigenvalue weighted by Gasteiger charge is 2.27. The molecule has 1 aromatic rings. The van der Waals surface area contributed by atoms with Gasteiger partial charge in [-0.2, -0.15) is 0 Å². The lowest BCUT2D eigenvalue weighted by molar-refractivity contribution is 0.0948. The first-order valence-corrected chi connectivity index (χ1v) is 6.90. The minimum absolute atomic E-state index is 0.0425. The molecule has 2 rings (SSSR count). The topological polar surface area (TPSA) is 76.4 Å². The largest absolute Gasteiger partial charge is 0.472 e. The Kier molecular flexibility index (Phi) is 3.00. The average Bonchev–Trinajstić information content (AvgIpc) is 2.83. The van der Waals surface area contributed by atoms with Crippen LogP contribution in [0, 0.1) is 5.92 Å². The number of sulfone groups is 1. The van der Waals surface area contributed by atoms with Crippen molar-refractivity contribution >= 4 is 15.7 Å². The minimum Gasteiger partial charge on any atom is -0.472 e. The predicted octanol–water partition coefficient (Wildman–Crippen LogP) is 0.444. The van der Waals surface area contributed by atoms with Crippen molar-refractivity contribution in [3.05, 3.63) is 24.2 Å².